The standard InChI is InChI=1S/C18H24N2O/c1-5-19-12-14-6-11-17(20-13-14)21-16-9-7-15(8-10-16)18(2,3)4/h6-11,13,19H,5,12H2,1-4H3. The normalized spacial score (nSPS) is 11.4. The molecule has 0 fully saturated rings. The van der Waals surface area contributed by atoms with Crippen LogP contribution >= 0.6 is 0 Å². The highest BCUT2D eigenvalue weighted by atomic mass is 16.5. The molecule has 0 atom stereocenters. The van der Waals surface area contributed by atoms with E-state index in [9.17, 15) is 0 Å². The number of rotatable bonds is 5. The summed E-state index contributed by atoms with van der Waals surface area (Å²) in [6, 6.07) is 12.1. The summed E-state index contributed by atoms with van der Waals surface area (Å²) in [6.07, 6.45) is 1.85. The largest absolute Gasteiger partial charge is 0.439 e. The van der Waals surface area contributed by atoms with Gasteiger partial charge in [-0.3, -0.25) is 0 Å². The SMILES string of the molecule is CCNCc1ccc(Oc2ccc(C(C)(C)C)cc2)nc1. The van der Waals surface area contributed by atoms with Gasteiger partial charge in [0.15, 0.2) is 0 Å². The number of nitrogens with zero attached hydrogens (tertiary/aromatic N) is 1. The van der Waals surface area contributed by atoms with Gasteiger partial charge < -0.3 is 10.1 Å². The van der Waals surface area contributed by atoms with Crippen LogP contribution in [0.5, 0.6) is 11.6 Å². The first kappa shape index (κ1) is 15.5. The number of ether oxygens (including phenoxy) is 1. The maximum atomic E-state index is 5.77. The summed E-state index contributed by atoms with van der Waals surface area (Å²) in [5, 5.41) is 3.27. The highest BCUT2D eigenvalue weighted by molar-refractivity contribution is 5.33. The molecule has 0 saturated heterocycles. The van der Waals surface area contributed by atoms with Gasteiger partial charge in [0.05, 0.1) is 0 Å². The number of benzene rings is 1. The zero-order valence-corrected chi connectivity index (χ0v) is 13.3. The van der Waals surface area contributed by atoms with Gasteiger partial charge in [0.25, 0.3) is 0 Å². The molecule has 3 heteroatoms. The van der Waals surface area contributed by atoms with Crippen molar-refractivity contribution in [1.82, 2.24) is 10.3 Å². The first-order chi connectivity index (χ1) is 9.99. The average molecular weight is 284 g/mol. The average Bonchev–Trinajstić information content (AvgIpc) is 2.46. The molecule has 0 aliphatic carbocycles. The second-order valence-electron chi connectivity index (χ2n) is 6.16. The van der Waals surface area contributed by atoms with Crippen molar-refractivity contribution in [3.8, 4) is 11.6 Å². The predicted molar refractivity (Wildman–Crippen MR) is 86.8 cm³/mol. The van der Waals surface area contributed by atoms with Crippen LogP contribution < -0.4 is 10.1 Å². The van der Waals surface area contributed by atoms with Crippen molar-refractivity contribution >= 4 is 0 Å². The summed E-state index contributed by atoms with van der Waals surface area (Å²) in [4.78, 5) is 4.34. The summed E-state index contributed by atoms with van der Waals surface area (Å²) in [6.45, 7) is 10.5. The Hall–Kier alpha value is -1.87. The molecule has 0 spiro atoms. The van der Waals surface area contributed by atoms with Gasteiger partial charge in [-0.25, -0.2) is 4.98 Å². The Labute approximate surface area is 127 Å². The fourth-order valence-electron chi connectivity index (χ4n) is 1.99. The van der Waals surface area contributed by atoms with E-state index in [1.54, 1.807) is 0 Å². The number of aromatic nitrogens is 1. The second-order valence-corrected chi connectivity index (χ2v) is 6.16. The van der Waals surface area contributed by atoms with E-state index < -0.39 is 0 Å². The van der Waals surface area contributed by atoms with Crippen LogP contribution in [-0.2, 0) is 12.0 Å². The van der Waals surface area contributed by atoms with Crippen molar-refractivity contribution in [2.45, 2.75) is 39.7 Å². The Morgan fingerprint density at radius 2 is 1.76 bits per heavy atom. The first-order valence-corrected chi connectivity index (χ1v) is 7.43. The number of pyridine rings is 1. The molecule has 1 aromatic heterocycles. The fraction of sp³-hybridized carbons (Fsp3) is 0.389. The van der Waals surface area contributed by atoms with Gasteiger partial charge in [-0.2, -0.15) is 0 Å². The van der Waals surface area contributed by atoms with Crippen LogP contribution in [0.25, 0.3) is 0 Å². The van der Waals surface area contributed by atoms with Crippen LogP contribution in [0.15, 0.2) is 42.6 Å². The molecule has 1 heterocycles. The minimum Gasteiger partial charge on any atom is -0.439 e. The second kappa shape index (κ2) is 6.72. The van der Waals surface area contributed by atoms with E-state index in [-0.39, 0.29) is 5.41 Å². The highest BCUT2D eigenvalue weighted by Crippen LogP contribution is 2.26. The van der Waals surface area contributed by atoms with Gasteiger partial charge in [-0.05, 0) is 35.2 Å². The molecular weight excluding hydrogens is 260 g/mol. The molecule has 0 saturated carbocycles. The third kappa shape index (κ3) is 4.57. The number of hydrogen-bond donors (Lipinski definition) is 1. The van der Waals surface area contributed by atoms with E-state index in [1.807, 2.05) is 30.5 Å². The first-order valence-electron chi connectivity index (χ1n) is 7.43. The molecule has 0 bridgehead atoms. The molecule has 2 aromatic rings. The third-order valence-corrected chi connectivity index (χ3v) is 3.32. The van der Waals surface area contributed by atoms with Crippen LogP contribution in [0.4, 0.5) is 0 Å². The zero-order chi connectivity index (χ0) is 15.3. The van der Waals surface area contributed by atoms with Gasteiger partial charge in [-0.15, -0.1) is 0 Å². The summed E-state index contributed by atoms with van der Waals surface area (Å²) in [5.41, 5.74) is 2.61. The van der Waals surface area contributed by atoms with E-state index in [0.717, 1.165) is 24.4 Å². The maximum absolute atomic E-state index is 5.77. The Kier molecular flexibility index (Phi) is 4.97. The van der Waals surface area contributed by atoms with Gasteiger partial charge >= 0.3 is 0 Å². The van der Waals surface area contributed by atoms with Crippen molar-refractivity contribution in [1.29, 1.82) is 0 Å². The van der Waals surface area contributed by atoms with Crippen molar-refractivity contribution in [2.75, 3.05) is 6.54 Å². The van der Waals surface area contributed by atoms with Crippen molar-refractivity contribution in [2.24, 2.45) is 0 Å². The summed E-state index contributed by atoms with van der Waals surface area (Å²) >= 11 is 0. The van der Waals surface area contributed by atoms with E-state index in [0.29, 0.717) is 5.88 Å². The fourth-order valence-corrected chi connectivity index (χ4v) is 1.99. The van der Waals surface area contributed by atoms with Crippen LogP contribution in [0.1, 0.15) is 38.8 Å². The van der Waals surface area contributed by atoms with Crippen LogP contribution in [0, 0.1) is 0 Å². The van der Waals surface area contributed by atoms with E-state index >= 15 is 0 Å². The lowest BCUT2D eigenvalue weighted by molar-refractivity contribution is 0.461. The van der Waals surface area contributed by atoms with Crippen molar-refractivity contribution in [3.05, 3.63) is 53.7 Å². The lowest BCUT2D eigenvalue weighted by atomic mass is 9.87. The zero-order valence-electron chi connectivity index (χ0n) is 13.3. The molecule has 112 valence electrons. The molecule has 0 unspecified atom stereocenters. The van der Waals surface area contributed by atoms with Crippen molar-refractivity contribution in [3.63, 3.8) is 0 Å². The van der Waals surface area contributed by atoms with Gasteiger partial charge in [0.1, 0.15) is 5.75 Å². The topological polar surface area (TPSA) is 34.1 Å². The van der Waals surface area contributed by atoms with Crippen LogP contribution in [-0.4, -0.2) is 11.5 Å². The summed E-state index contributed by atoms with van der Waals surface area (Å²) in [7, 11) is 0. The lowest BCUT2D eigenvalue weighted by Crippen LogP contribution is -2.11. The van der Waals surface area contributed by atoms with Gasteiger partial charge in [-0.1, -0.05) is 45.9 Å². The number of hydrogen-bond acceptors (Lipinski definition) is 3. The smallest absolute Gasteiger partial charge is 0.219 e. The third-order valence-electron chi connectivity index (χ3n) is 3.32. The van der Waals surface area contributed by atoms with E-state index in [4.69, 9.17) is 4.74 Å². The van der Waals surface area contributed by atoms with Crippen LogP contribution in [0.2, 0.25) is 0 Å². The molecule has 21 heavy (non-hydrogen) atoms. The molecule has 2 rings (SSSR count). The van der Waals surface area contributed by atoms with Gasteiger partial charge in [0.2, 0.25) is 5.88 Å². The predicted octanol–water partition coefficient (Wildman–Crippen LogP) is 4.28. The highest BCUT2D eigenvalue weighted by Gasteiger charge is 2.13. The Morgan fingerprint density at radius 3 is 2.29 bits per heavy atom. The summed E-state index contributed by atoms with van der Waals surface area (Å²) in [5.74, 6) is 1.44. The van der Waals surface area contributed by atoms with Crippen LogP contribution in [0.3, 0.4) is 0 Å². The van der Waals surface area contributed by atoms with Gasteiger partial charge in [0, 0.05) is 18.8 Å². The Bertz CT molecular complexity index is 553. The molecule has 1 aromatic carbocycles. The molecular formula is C18H24N2O. The molecule has 0 amide bonds. The van der Waals surface area contributed by atoms with E-state index in [2.05, 4.69) is 50.1 Å². The maximum Gasteiger partial charge on any atom is 0.219 e. The minimum atomic E-state index is 0.157. The monoisotopic (exact) mass is 284 g/mol. The van der Waals surface area contributed by atoms with Crippen molar-refractivity contribution < 1.29 is 4.74 Å². The summed E-state index contributed by atoms with van der Waals surface area (Å²) < 4.78 is 5.77. The quantitative estimate of drug-likeness (QED) is 0.889. The molecule has 3 nitrogen and oxygen atoms in total. The molecule has 0 aliphatic heterocycles. The molecule has 0 aliphatic rings. The molecule has 0 radical (unpaired) electrons. The number of nitrogens with one attached hydrogen (secondary N) is 1. The minimum absolute atomic E-state index is 0.157. The lowest BCUT2D eigenvalue weighted by Gasteiger charge is -2.19. The Balaban J connectivity index is 2.01. The Morgan fingerprint density at radius 1 is 1.05 bits per heavy atom. The van der Waals surface area contributed by atoms with E-state index in [1.165, 1.54) is 5.56 Å². The molecule has 1 N–H and O–H groups in total.